The van der Waals surface area contributed by atoms with Crippen molar-refractivity contribution in [3.8, 4) is 11.5 Å². The summed E-state index contributed by atoms with van der Waals surface area (Å²) in [5.74, 6) is 0.141. The van der Waals surface area contributed by atoms with Gasteiger partial charge in [0, 0.05) is 0 Å². The topological polar surface area (TPSA) is 81.8 Å². The number of aromatic carboxylic acids is 1. The lowest BCUT2D eigenvalue weighted by Crippen LogP contribution is -2.05. The van der Waals surface area contributed by atoms with Gasteiger partial charge in [-0.3, -0.25) is 0 Å². The molecule has 2 aromatic rings. The highest BCUT2D eigenvalue weighted by molar-refractivity contribution is 5.86. The first kappa shape index (κ1) is 12.9. The maximum atomic E-state index is 10.9. The first-order valence-corrected chi connectivity index (χ1v) is 5.72. The number of hydrogen-bond donors (Lipinski definition) is 1. The molecule has 6 heteroatoms. The third-order valence-electron chi connectivity index (χ3n) is 2.35. The van der Waals surface area contributed by atoms with Crippen LogP contribution in [-0.2, 0) is 6.61 Å². The van der Waals surface area contributed by atoms with Gasteiger partial charge in [-0.15, -0.1) is 0 Å². The molecule has 1 N–H and O–H groups in total. The van der Waals surface area contributed by atoms with Crippen LogP contribution in [0.25, 0.3) is 0 Å². The average molecular weight is 263 g/mol. The van der Waals surface area contributed by atoms with E-state index in [1.54, 1.807) is 18.2 Å². The molecule has 19 heavy (non-hydrogen) atoms. The molecule has 0 amide bonds. The van der Waals surface area contributed by atoms with Crippen molar-refractivity contribution in [3.05, 3.63) is 42.1 Å². The summed E-state index contributed by atoms with van der Waals surface area (Å²) >= 11 is 0. The lowest BCUT2D eigenvalue weighted by atomic mass is 10.3. The van der Waals surface area contributed by atoms with Crippen molar-refractivity contribution >= 4 is 5.97 Å². The molecular weight excluding hydrogens is 250 g/mol. The SMILES string of the molecule is CCOc1ccccc1OCc1ocnc1C(=O)O. The van der Waals surface area contributed by atoms with Gasteiger partial charge in [-0.25, -0.2) is 9.78 Å². The molecule has 0 radical (unpaired) electrons. The molecule has 0 aliphatic rings. The molecule has 0 fully saturated rings. The first-order chi connectivity index (χ1) is 9.22. The van der Waals surface area contributed by atoms with Crippen LogP contribution in [0.2, 0.25) is 0 Å². The minimum atomic E-state index is -1.15. The van der Waals surface area contributed by atoms with Crippen molar-refractivity contribution in [2.75, 3.05) is 6.61 Å². The first-order valence-electron chi connectivity index (χ1n) is 5.72. The maximum Gasteiger partial charge on any atom is 0.358 e. The van der Waals surface area contributed by atoms with Crippen LogP contribution in [0.5, 0.6) is 11.5 Å². The predicted octanol–water partition coefficient (Wildman–Crippen LogP) is 2.35. The summed E-state index contributed by atoms with van der Waals surface area (Å²) in [6, 6.07) is 7.14. The van der Waals surface area contributed by atoms with Gasteiger partial charge in [0.15, 0.2) is 29.3 Å². The Morgan fingerprint density at radius 3 is 2.63 bits per heavy atom. The van der Waals surface area contributed by atoms with Crippen molar-refractivity contribution in [1.29, 1.82) is 0 Å². The Morgan fingerprint density at radius 1 is 1.32 bits per heavy atom. The van der Waals surface area contributed by atoms with E-state index < -0.39 is 5.97 Å². The number of para-hydroxylation sites is 2. The summed E-state index contributed by atoms with van der Waals surface area (Å²) in [7, 11) is 0. The van der Waals surface area contributed by atoms with Gasteiger partial charge in [-0.05, 0) is 19.1 Å². The molecule has 6 nitrogen and oxygen atoms in total. The molecule has 0 aliphatic heterocycles. The molecule has 1 heterocycles. The Morgan fingerprint density at radius 2 is 2.00 bits per heavy atom. The summed E-state index contributed by atoms with van der Waals surface area (Å²) < 4.78 is 15.9. The van der Waals surface area contributed by atoms with Crippen molar-refractivity contribution < 1.29 is 23.8 Å². The fourth-order valence-corrected chi connectivity index (χ4v) is 1.53. The number of hydrogen-bond acceptors (Lipinski definition) is 5. The molecular formula is C13H13NO5. The smallest absolute Gasteiger partial charge is 0.358 e. The second-order valence-electron chi connectivity index (χ2n) is 3.60. The highest BCUT2D eigenvalue weighted by Gasteiger charge is 2.16. The second kappa shape index (κ2) is 5.90. The number of oxazole rings is 1. The summed E-state index contributed by atoms with van der Waals surface area (Å²) in [6.07, 6.45) is 1.08. The molecule has 0 atom stereocenters. The van der Waals surface area contributed by atoms with E-state index in [9.17, 15) is 4.79 Å². The average Bonchev–Trinajstić information content (AvgIpc) is 2.86. The number of carboxylic acid groups (broad SMARTS) is 1. The number of aromatic nitrogens is 1. The highest BCUT2D eigenvalue weighted by Crippen LogP contribution is 2.27. The van der Waals surface area contributed by atoms with Crippen LogP contribution in [0.1, 0.15) is 23.2 Å². The van der Waals surface area contributed by atoms with Gasteiger partial charge >= 0.3 is 5.97 Å². The summed E-state index contributed by atoms with van der Waals surface area (Å²) in [5, 5.41) is 8.89. The molecule has 0 spiro atoms. The van der Waals surface area contributed by atoms with Gasteiger partial charge in [-0.1, -0.05) is 12.1 Å². The summed E-state index contributed by atoms with van der Waals surface area (Å²) in [6.45, 7) is 2.37. The largest absolute Gasteiger partial charge is 0.490 e. The number of ether oxygens (including phenoxy) is 2. The molecule has 0 unspecified atom stereocenters. The number of benzene rings is 1. The van der Waals surface area contributed by atoms with E-state index in [0.29, 0.717) is 18.1 Å². The Kier molecular flexibility index (Phi) is 4.02. The molecule has 1 aromatic heterocycles. The number of carbonyl (C=O) groups is 1. The number of rotatable bonds is 6. The van der Waals surface area contributed by atoms with Crippen LogP contribution < -0.4 is 9.47 Å². The predicted molar refractivity (Wildman–Crippen MR) is 65.4 cm³/mol. The van der Waals surface area contributed by atoms with Crippen molar-refractivity contribution in [2.45, 2.75) is 13.5 Å². The normalized spacial score (nSPS) is 10.2. The molecule has 100 valence electrons. The zero-order chi connectivity index (χ0) is 13.7. The minimum Gasteiger partial charge on any atom is -0.490 e. The molecule has 2 rings (SSSR count). The van der Waals surface area contributed by atoms with Gasteiger partial charge in [0.1, 0.15) is 6.61 Å². The molecule has 0 bridgehead atoms. The Labute approximate surface area is 109 Å². The Balaban J connectivity index is 2.10. The third kappa shape index (κ3) is 3.04. The maximum absolute atomic E-state index is 10.9. The van der Waals surface area contributed by atoms with Crippen molar-refractivity contribution in [1.82, 2.24) is 4.98 Å². The second-order valence-corrected chi connectivity index (χ2v) is 3.60. The van der Waals surface area contributed by atoms with Gasteiger partial charge in [0.05, 0.1) is 6.61 Å². The lowest BCUT2D eigenvalue weighted by Gasteiger charge is -2.10. The van der Waals surface area contributed by atoms with Crippen LogP contribution in [0.3, 0.4) is 0 Å². The molecule has 0 saturated carbocycles. The van der Waals surface area contributed by atoms with Crippen LogP contribution in [-0.4, -0.2) is 22.7 Å². The third-order valence-corrected chi connectivity index (χ3v) is 2.35. The monoisotopic (exact) mass is 263 g/mol. The van der Waals surface area contributed by atoms with E-state index in [2.05, 4.69) is 4.98 Å². The molecule has 1 aromatic carbocycles. The van der Waals surface area contributed by atoms with Gasteiger partial charge in [-0.2, -0.15) is 0 Å². The summed E-state index contributed by atoms with van der Waals surface area (Å²) in [4.78, 5) is 14.5. The zero-order valence-electron chi connectivity index (χ0n) is 10.3. The molecule has 0 aliphatic carbocycles. The van der Waals surface area contributed by atoms with Gasteiger partial charge in [0.25, 0.3) is 0 Å². The van der Waals surface area contributed by atoms with Crippen molar-refractivity contribution in [2.24, 2.45) is 0 Å². The van der Waals surface area contributed by atoms with Crippen molar-refractivity contribution in [3.63, 3.8) is 0 Å². The standard InChI is InChI=1S/C13H13NO5/c1-2-17-9-5-3-4-6-10(9)18-7-11-12(13(15)16)14-8-19-11/h3-6,8H,2,7H2,1H3,(H,15,16). The zero-order valence-corrected chi connectivity index (χ0v) is 10.3. The van der Waals surface area contributed by atoms with E-state index in [1.807, 2.05) is 13.0 Å². The minimum absolute atomic E-state index is 0.0221. The van der Waals surface area contributed by atoms with E-state index >= 15 is 0 Å². The fraction of sp³-hybridized carbons (Fsp3) is 0.231. The lowest BCUT2D eigenvalue weighted by molar-refractivity contribution is 0.0686. The fourth-order valence-electron chi connectivity index (χ4n) is 1.53. The van der Waals surface area contributed by atoms with E-state index in [4.69, 9.17) is 19.0 Å². The Hall–Kier alpha value is -2.50. The summed E-state index contributed by atoms with van der Waals surface area (Å²) in [5.41, 5.74) is -0.145. The number of carboxylic acids is 1. The van der Waals surface area contributed by atoms with Crippen LogP contribution in [0, 0.1) is 0 Å². The van der Waals surface area contributed by atoms with E-state index in [0.717, 1.165) is 6.39 Å². The van der Waals surface area contributed by atoms with Crippen LogP contribution in [0.4, 0.5) is 0 Å². The van der Waals surface area contributed by atoms with E-state index in [1.165, 1.54) is 0 Å². The molecule has 0 saturated heterocycles. The number of nitrogens with zero attached hydrogens (tertiary/aromatic N) is 1. The van der Waals surface area contributed by atoms with Gasteiger partial charge in [0.2, 0.25) is 0 Å². The van der Waals surface area contributed by atoms with Crippen LogP contribution in [0.15, 0.2) is 35.1 Å². The quantitative estimate of drug-likeness (QED) is 0.861. The highest BCUT2D eigenvalue weighted by atomic mass is 16.5. The van der Waals surface area contributed by atoms with Gasteiger partial charge < -0.3 is 19.0 Å². The Bertz CT molecular complexity index is 564. The van der Waals surface area contributed by atoms with E-state index in [-0.39, 0.29) is 18.1 Å². The van der Waals surface area contributed by atoms with Crippen LogP contribution >= 0.6 is 0 Å².